The standard InChI is InChI=1S/C12H17N3O2/c1-2-3-9-6-11(14-8-13-9)15(7-12(16)17)10-4-5-10/h6,8,10H,2-5,7H2,1H3,(H,16,17). The van der Waals surface area contributed by atoms with Gasteiger partial charge in [0.1, 0.15) is 18.7 Å². The summed E-state index contributed by atoms with van der Waals surface area (Å²) in [6, 6.07) is 2.25. The second-order valence-corrected chi connectivity index (χ2v) is 4.37. The predicted molar refractivity (Wildman–Crippen MR) is 64.0 cm³/mol. The minimum atomic E-state index is -0.812. The van der Waals surface area contributed by atoms with E-state index in [0.717, 1.165) is 37.2 Å². The topological polar surface area (TPSA) is 66.3 Å². The molecule has 0 aromatic carbocycles. The Hall–Kier alpha value is -1.65. The Kier molecular flexibility index (Phi) is 3.56. The molecule has 92 valence electrons. The van der Waals surface area contributed by atoms with E-state index in [1.54, 1.807) is 0 Å². The maximum atomic E-state index is 10.8. The second-order valence-electron chi connectivity index (χ2n) is 4.37. The lowest BCUT2D eigenvalue weighted by atomic mass is 10.2. The maximum absolute atomic E-state index is 10.8. The number of hydrogen-bond acceptors (Lipinski definition) is 4. The monoisotopic (exact) mass is 235 g/mol. The number of carboxylic acids is 1. The van der Waals surface area contributed by atoms with Crippen LogP contribution in [0, 0.1) is 0 Å². The molecule has 17 heavy (non-hydrogen) atoms. The van der Waals surface area contributed by atoms with Crippen molar-refractivity contribution in [2.75, 3.05) is 11.4 Å². The molecule has 0 spiro atoms. The van der Waals surface area contributed by atoms with E-state index < -0.39 is 5.97 Å². The van der Waals surface area contributed by atoms with Crippen molar-refractivity contribution in [2.45, 2.75) is 38.6 Å². The molecule has 0 aliphatic heterocycles. The number of nitrogens with zero attached hydrogens (tertiary/aromatic N) is 3. The average molecular weight is 235 g/mol. The van der Waals surface area contributed by atoms with Crippen molar-refractivity contribution >= 4 is 11.8 Å². The van der Waals surface area contributed by atoms with Gasteiger partial charge in [0.25, 0.3) is 0 Å². The fourth-order valence-electron chi connectivity index (χ4n) is 1.86. The Balaban J connectivity index is 2.16. The molecule has 0 saturated heterocycles. The zero-order valence-corrected chi connectivity index (χ0v) is 9.96. The summed E-state index contributed by atoms with van der Waals surface area (Å²) >= 11 is 0. The number of hydrogen-bond donors (Lipinski definition) is 1. The first-order valence-corrected chi connectivity index (χ1v) is 6.00. The van der Waals surface area contributed by atoms with Crippen molar-refractivity contribution in [1.29, 1.82) is 0 Å². The number of carboxylic acid groups (broad SMARTS) is 1. The molecule has 0 amide bonds. The molecule has 1 aliphatic rings. The Morgan fingerprint density at radius 1 is 1.53 bits per heavy atom. The van der Waals surface area contributed by atoms with Gasteiger partial charge in [-0.25, -0.2) is 9.97 Å². The molecule has 5 nitrogen and oxygen atoms in total. The van der Waals surface area contributed by atoms with Crippen LogP contribution >= 0.6 is 0 Å². The van der Waals surface area contributed by atoms with E-state index in [1.165, 1.54) is 6.33 Å². The number of aromatic nitrogens is 2. The Labute approximate surface area is 100 Å². The number of aryl methyl sites for hydroxylation is 1. The van der Waals surface area contributed by atoms with E-state index in [2.05, 4.69) is 16.9 Å². The summed E-state index contributed by atoms with van der Waals surface area (Å²) in [5, 5.41) is 8.91. The van der Waals surface area contributed by atoms with Crippen molar-refractivity contribution in [3.63, 3.8) is 0 Å². The zero-order chi connectivity index (χ0) is 12.3. The van der Waals surface area contributed by atoms with Crippen LogP contribution in [0.2, 0.25) is 0 Å². The largest absolute Gasteiger partial charge is 0.480 e. The first-order chi connectivity index (χ1) is 8.20. The molecule has 1 fully saturated rings. The van der Waals surface area contributed by atoms with Crippen LogP contribution in [0.3, 0.4) is 0 Å². The third-order valence-corrected chi connectivity index (χ3v) is 2.80. The highest BCUT2D eigenvalue weighted by Crippen LogP contribution is 2.30. The summed E-state index contributed by atoms with van der Waals surface area (Å²) in [5.74, 6) is -0.0686. The molecule has 0 unspecified atom stereocenters. The predicted octanol–water partition coefficient (Wildman–Crippen LogP) is 1.48. The van der Waals surface area contributed by atoms with Crippen LogP contribution in [0.4, 0.5) is 5.82 Å². The molecule has 1 aliphatic carbocycles. The third-order valence-electron chi connectivity index (χ3n) is 2.80. The first-order valence-electron chi connectivity index (χ1n) is 6.00. The van der Waals surface area contributed by atoms with Crippen LogP contribution in [0.15, 0.2) is 12.4 Å². The van der Waals surface area contributed by atoms with Crippen molar-refractivity contribution < 1.29 is 9.90 Å². The van der Waals surface area contributed by atoms with E-state index in [9.17, 15) is 4.79 Å². The van der Waals surface area contributed by atoms with Gasteiger partial charge in [-0.1, -0.05) is 13.3 Å². The third kappa shape index (κ3) is 3.15. The van der Waals surface area contributed by atoms with Crippen molar-refractivity contribution in [2.24, 2.45) is 0 Å². The quantitative estimate of drug-likeness (QED) is 0.809. The van der Waals surface area contributed by atoms with Gasteiger partial charge in [0.05, 0.1) is 0 Å². The summed E-state index contributed by atoms with van der Waals surface area (Å²) < 4.78 is 0. The summed E-state index contributed by atoms with van der Waals surface area (Å²) in [6.07, 6.45) is 5.57. The van der Waals surface area contributed by atoms with E-state index >= 15 is 0 Å². The second kappa shape index (κ2) is 5.12. The number of rotatable bonds is 6. The molecule has 1 saturated carbocycles. The Bertz CT molecular complexity index is 404. The minimum absolute atomic E-state index is 0.0211. The molecule has 2 rings (SSSR count). The van der Waals surface area contributed by atoms with E-state index in [0.29, 0.717) is 6.04 Å². The lowest BCUT2D eigenvalue weighted by molar-refractivity contribution is -0.135. The van der Waals surface area contributed by atoms with E-state index in [4.69, 9.17) is 5.11 Å². The fourth-order valence-corrected chi connectivity index (χ4v) is 1.86. The van der Waals surface area contributed by atoms with Gasteiger partial charge in [-0.3, -0.25) is 4.79 Å². The van der Waals surface area contributed by atoms with E-state index in [1.807, 2.05) is 11.0 Å². The van der Waals surface area contributed by atoms with Gasteiger partial charge in [0, 0.05) is 17.8 Å². The number of anilines is 1. The number of aliphatic carboxylic acids is 1. The van der Waals surface area contributed by atoms with Crippen molar-refractivity contribution in [3.8, 4) is 0 Å². The van der Waals surface area contributed by atoms with Crippen LogP contribution in [0.25, 0.3) is 0 Å². The van der Waals surface area contributed by atoms with Gasteiger partial charge in [0.2, 0.25) is 0 Å². The summed E-state index contributed by atoms with van der Waals surface area (Å²) in [6.45, 7) is 2.12. The van der Waals surface area contributed by atoms with Crippen molar-refractivity contribution in [3.05, 3.63) is 18.1 Å². The SMILES string of the molecule is CCCc1cc(N(CC(=O)O)C2CC2)ncn1. The Morgan fingerprint density at radius 3 is 2.88 bits per heavy atom. The molecule has 0 radical (unpaired) electrons. The molecule has 5 heteroatoms. The summed E-state index contributed by atoms with van der Waals surface area (Å²) in [7, 11) is 0. The fraction of sp³-hybridized carbons (Fsp3) is 0.583. The van der Waals surface area contributed by atoms with Gasteiger partial charge < -0.3 is 10.0 Å². The highest BCUT2D eigenvalue weighted by molar-refractivity contribution is 5.73. The zero-order valence-electron chi connectivity index (χ0n) is 9.96. The molecule has 1 aromatic heterocycles. The maximum Gasteiger partial charge on any atom is 0.323 e. The van der Waals surface area contributed by atoms with Gasteiger partial charge in [-0.05, 0) is 19.3 Å². The Morgan fingerprint density at radius 2 is 2.29 bits per heavy atom. The van der Waals surface area contributed by atoms with Gasteiger partial charge in [-0.2, -0.15) is 0 Å². The van der Waals surface area contributed by atoms with Gasteiger partial charge in [-0.15, -0.1) is 0 Å². The first kappa shape index (κ1) is 11.8. The molecular weight excluding hydrogens is 218 g/mol. The van der Waals surface area contributed by atoms with Crippen molar-refractivity contribution in [1.82, 2.24) is 9.97 Å². The minimum Gasteiger partial charge on any atom is -0.480 e. The van der Waals surface area contributed by atoms with Gasteiger partial charge in [0.15, 0.2) is 0 Å². The summed E-state index contributed by atoms with van der Waals surface area (Å²) in [5.41, 5.74) is 0.980. The normalized spacial score (nSPS) is 14.6. The molecule has 1 heterocycles. The molecule has 1 N–H and O–H groups in total. The average Bonchev–Trinajstić information content (AvgIpc) is 3.10. The molecule has 1 aromatic rings. The van der Waals surface area contributed by atoms with Crippen LogP contribution < -0.4 is 4.90 Å². The molecule has 0 atom stereocenters. The van der Waals surface area contributed by atoms with Crippen LogP contribution in [0.5, 0.6) is 0 Å². The number of carbonyl (C=O) groups is 1. The van der Waals surface area contributed by atoms with Crippen LogP contribution in [0.1, 0.15) is 31.9 Å². The van der Waals surface area contributed by atoms with Crippen LogP contribution in [-0.2, 0) is 11.2 Å². The van der Waals surface area contributed by atoms with Crippen LogP contribution in [-0.4, -0.2) is 33.6 Å². The highest BCUT2D eigenvalue weighted by Gasteiger charge is 2.31. The molecular formula is C12H17N3O2. The highest BCUT2D eigenvalue weighted by atomic mass is 16.4. The van der Waals surface area contributed by atoms with E-state index in [-0.39, 0.29) is 6.54 Å². The van der Waals surface area contributed by atoms with Gasteiger partial charge >= 0.3 is 5.97 Å². The lowest BCUT2D eigenvalue weighted by Gasteiger charge is -2.21. The lowest BCUT2D eigenvalue weighted by Crippen LogP contribution is -2.32. The summed E-state index contributed by atoms with van der Waals surface area (Å²) in [4.78, 5) is 21.1. The smallest absolute Gasteiger partial charge is 0.323 e. The molecule has 0 bridgehead atoms.